The van der Waals surface area contributed by atoms with E-state index in [-0.39, 0.29) is 16.7 Å². The number of para-hydroxylation sites is 2. The minimum Gasteiger partial charge on any atom is -0.337 e. The van der Waals surface area contributed by atoms with Crippen molar-refractivity contribution in [3.8, 4) is 5.69 Å². The van der Waals surface area contributed by atoms with E-state index < -0.39 is 0 Å². The van der Waals surface area contributed by atoms with Gasteiger partial charge in [0.25, 0.3) is 5.56 Å². The zero-order chi connectivity index (χ0) is 22.9. The predicted molar refractivity (Wildman–Crippen MR) is 133 cm³/mol. The third-order valence-electron chi connectivity index (χ3n) is 6.17. The Morgan fingerprint density at radius 2 is 1.67 bits per heavy atom. The van der Waals surface area contributed by atoms with Crippen molar-refractivity contribution in [1.82, 2.24) is 14.5 Å². The highest BCUT2D eigenvalue weighted by molar-refractivity contribution is 8.00. The van der Waals surface area contributed by atoms with Crippen molar-refractivity contribution in [2.45, 2.75) is 37.2 Å². The van der Waals surface area contributed by atoms with Crippen molar-refractivity contribution in [3.63, 3.8) is 0 Å². The average molecular weight is 456 g/mol. The van der Waals surface area contributed by atoms with E-state index in [1.54, 1.807) is 10.6 Å². The van der Waals surface area contributed by atoms with E-state index in [1.807, 2.05) is 73.3 Å². The van der Waals surface area contributed by atoms with Crippen molar-refractivity contribution in [2.75, 3.05) is 6.54 Å². The van der Waals surface area contributed by atoms with Crippen LogP contribution in [0, 0.1) is 6.92 Å². The Morgan fingerprint density at radius 1 is 0.970 bits per heavy atom. The van der Waals surface area contributed by atoms with Crippen molar-refractivity contribution < 1.29 is 4.79 Å². The van der Waals surface area contributed by atoms with Gasteiger partial charge in [-0.2, -0.15) is 0 Å². The van der Waals surface area contributed by atoms with Gasteiger partial charge in [0.05, 0.1) is 21.8 Å². The van der Waals surface area contributed by atoms with Gasteiger partial charge in [0.2, 0.25) is 5.91 Å². The molecule has 3 aromatic carbocycles. The van der Waals surface area contributed by atoms with Gasteiger partial charge >= 0.3 is 0 Å². The molecule has 5 nitrogen and oxygen atoms in total. The van der Waals surface area contributed by atoms with E-state index in [4.69, 9.17) is 4.98 Å². The second-order valence-electron chi connectivity index (χ2n) is 8.38. The lowest BCUT2D eigenvalue weighted by atomic mass is 10.00. The highest BCUT2D eigenvalue weighted by Crippen LogP contribution is 2.28. The molecular formula is C27H25N3O2S. The van der Waals surface area contributed by atoms with Gasteiger partial charge in [-0.25, -0.2) is 4.98 Å². The first-order chi connectivity index (χ1) is 16.0. The molecule has 33 heavy (non-hydrogen) atoms. The van der Waals surface area contributed by atoms with E-state index in [9.17, 15) is 9.59 Å². The fourth-order valence-electron chi connectivity index (χ4n) is 4.37. The van der Waals surface area contributed by atoms with Crippen LogP contribution in [0.5, 0.6) is 0 Å². The number of thioether (sulfide) groups is 1. The minimum absolute atomic E-state index is 0.0632. The molecule has 1 amide bonds. The molecule has 0 spiro atoms. The first kappa shape index (κ1) is 21.5. The lowest BCUT2D eigenvalue weighted by molar-refractivity contribution is -0.131. The summed E-state index contributed by atoms with van der Waals surface area (Å²) in [6.07, 6.45) is 0.863. The van der Waals surface area contributed by atoms with Crippen LogP contribution >= 0.6 is 11.8 Å². The molecule has 1 aliphatic rings. The van der Waals surface area contributed by atoms with E-state index in [2.05, 4.69) is 12.1 Å². The molecule has 0 saturated heterocycles. The third-order valence-corrected chi connectivity index (χ3v) is 7.21. The molecule has 4 aromatic rings. The number of rotatable bonds is 4. The molecule has 1 atom stereocenters. The number of nitrogens with zero attached hydrogens (tertiary/aromatic N) is 3. The summed E-state index contributed by atoms with van der Waals surface area (Å²) in [5.74, 6) is 0.0632. The molecule has 5 rings (SSSR count). The molecule has 0 radical (unpaired) electrons. The van der Waals surface area contributed by atoms with Gasteiger partial charge in [-0.1, -0.05) is 66.4 Å². The molecule has 0 bridgehead atoms. The largest absolute Gasteiger partial charge is 0.337 e. The van der Waals surface area contributed by atoms with Crippen LogP contribution in [0.2, 0.25) is 0 Å². The van der Waals surface area contributed by atoms with Crippen molar-refractivity contribution in [2.24, 2.45) is 0 Å². The number of fused-ring (bicyclic) bond motifs is 2. The lowest BCUT2D eigenvalue weighted by Gasteiger charge is -2.30. The Morgan fingerprint density at radius 3 is 2.48 bits per heavy atom. The quantitative estimate of drug-likeness (QED) is 0.329. The van der Waals surface area contributed by atoms with Gasteiger partial charge in [-0.3, -0.25) is 14.2 Å². The van der Waals surface area contributed by atoms with E-state index in [0.29, 0.717) is 29.1 Å². The maximum atomic E-state index is 13.5. The summed E-state index contributed by atoms with van der Waals surface area (Å²) < 4.78 is 1.65. The first-order valence-corrected chi connectivity index (χ1v) is 12.0. The number of hydrogen-bond acceptors (Lipinski definition) is 4. The third kappa shape index (κ3) is 4.07. The van der Waals surface area contributed by atoms with Crippen LogP contribution in [0.15, 0.2) is 82.7 Å². The summed E-state index contributed by atoms with van der Waals surface area (Å²) in [6.45, 7) is 5.20. The predicted octanol–water partition coefficient (Wildman–Crippen LogP) is 4.76. The molecule has 166 valence electrons. The number of aryl methyl sites for hydroxylation is 1. The summed E-state index contributed by atoms with van der Waals surface area (Å²) in [7, 11) is 0. The summed E-state index contributed by atoms with van der Waals surface area (Å²) >= 11 is 1.35. The van der Waals surface area contributed by atoms with Crippen LogP contribution < -0.4 is 5.56 Å². The van der Waals surface area contributed by atoms with Gasteiger partial charge in [0.1, 0.15) is 0 Å². The Labute approximate surface area is 197 Å². The number of hydrogen-bond donors (Lipinski definition) is 0. The van der Waals surface area contributed by atoms with Gasteiger partial charge in [0.15, 0.2) is 5.16 Å². The maximum absolute atomic E-state index is 13.5. The average Bonchev–Trinajstić information content (AvgIpc) is 2.84. The molecule has 1 unspecified atom stereocenters. The van der Waals surface area contributed by atoms with Crippen molar-refractivity contribution in [3.05, 3.63) is 99.8 Å². The number of aromatic nitrogens is 2. The molecule has 0 N–H and O–H groups in total. The van der Waals surface area contributed by atoms with Gasteiger partial charge in [-0.05, 0) is 55.2 Å². The van der Waals surface area contributed by atoms with Crippen LogP contribution in [0.4, 0.5) is 0 Å². The molecule has 6 heteroatoms. The summed E-state index contributed by atoms with van der Waals surface area (Å²) in [5, 5.41) is 0.724. The number of benzene rings is 3. The Bertz CT molecular complexity index is 1410. The van der Waals surface area contributed by atoms with E-state index >= 15 is 0 Å². The fraction of sp³-hybridized carbons (Fsp3) is 0.222. The molecule has 0 saturated carbocycles. The summed E-state index contributed by atoms with van der Waals surface area (Å²) in [6, 6.07) is 23.4. The van der Waals surface area contributed by atoms with E-state index in [0.717, 1.165) is 17.7 Å². The lowest BCUT2D eigenvalue weighted by Crippen LogP contribution is -2.40. The van der Waals surface area contributed by atoms with Crippen LogP contribution in [0.25, 0.3) is 16.6 Å². The standard InChI is InChI=1S/C27H25N3O2S/c1-18-9-3-8-14-24(18)30-26(32)22-12-6-7-13-23(22)28-27(30)33-19(2)25(31)29-16-15-20-10-4-5-11-21(20)17-29/h3-14,19H,15-17H2,1-2H3. The van der Waals surface area contributed by atoms with E-state index in [1.165, 1.54) is 22.9 Å². The number of carbonyl (C=O) groups is 1. The van der Waals surface area contributed by atoms with Crippen LogP contribution in [0.3, 0.4) is 0 Å². The topological polar surface area (TPSA) is 55.2 Å². The number of amides is 1. The second kappa shape index (κ2) is 8.87. The maximum Gasteiger partial charge on any atom is 0.266 e. The summed E-state index contributed by atoms with van der Waals surface area (Å²) in [5.41, 5.74) is 4.80. The zero-order valence-electron chi connectivity index (χ0n) is 18.7. The van der Waals surface area contributed by atoms with Crippen LogP contribution in [0.1, 0.15) is 23.6 Å². The molecular weight excluding hydrogens is 430 g/mol. The van der Waals surface area contributed by atoms with Crippen molar-refractivity contribution >= 4 is 28.6 Å². The highest BCUT2D eigenvalue weighted by Gasteiger charge is 2.27. The van der Waals surface area contributed by atoms with Gasteiger partial charge < -0.3 is 4.90 Å². The van der Waals surface area contributed by atoms with Crippen molar-refractivity contribution in [1.29, 1.82) is 0 Å². The monoisotopic (exact) mass is 455 g/mol. The Balaban J connectivity index is 1.51. The zero-order valence-corrected chi connectivity index (χ0v) is 19.5. The molecule has 2 heterocycles. The Kier molecular flexibility index (Phi) is 5.77. The van der Waals surface area contributed by atoms with Gasteiger partial charge in [0, 0.05) is 13.1 Å². The highest BCUT2D eigenvalue weighted by atomic mass is 32.2. The first-order valence-electron chi connectivity index (χ1n) is 11.1. The van der Waals surface area contributed by atoms with Crippen LogP contribution in [-0.2, 0) is 17.8 Å². The number of carbonyl (C=O) groups excluding carboxylic acids is 1. The second-order valence-corrected chi connectivity index (χ2v) is 9.69. The smallest absolute Gasteiger partial charge is 0.266 e. The SMILES string of the molecule is Cc1ccccc1-n1c(SC(C)C(=O)N2CCc3ccccc3C2)nc2ccccc2c1=O. The minimum atomic E-state index is -0.376. The van der Waals surface area contributed by atoms with Gasteiger partial charge in [-0.15, -0.1) is 0 Å². The fourth-order valence-corrected chi connectivity index (χ4v) is 5.37. The normalized spacial score (nSPS) is 14.2. The Hall–Kier alpha value is -3.38. The van der Waals surface area contributed by atoms with Crippen LogP contribution in [-0.4, -0.2) is 32.2 Å². The molecule has 0 fully saturated rings. The summed E-state index contributed by atoms with van der Waals surface area (Å²) in [4.78, 5) is 33.6. The molecule has 1 aromatic heterocycles. The molecule has 1 aliphatic heterocycles. The molecule has 0 aliphatic carbocycles.